The monoisotopic (exact) mass is 349 g/mol. The average Bonchev–Trinajstić information content (AvgIpc) is 2.91. The van der Waals surface area contributed by atoms with Gasteiger partial charge in [-0.3, -0.25) is 14.6 Å². The molecule has 1 saturated heterocycles. The lowest BCUT2D eigenvalue weighted by Crippen LogP contribution is -2.45. The molecule has 0 bridgehead atoms. The van der Waals surface area contributed by atoms with E-state index in [1.165, 1.54) is 22.5 Å². The lowest BCUT2D eigenvalue weighted by Gasteiger charge is -2.36. The first-order chi connectivity index (χ1) is 11.2. The normalized spacial score (nSPS) is 18.4. The van der Waals surface area contributed by atoms with Gasteiger partial charge in [0.2, 0.25) is 0 Å². The van der Waals surface area contributed by atoms with Crippen LogP contribution in [0.15, 0.2) is 24.5 Å². The van der Waals surface area contributed by atoms with Crippen molar-refractivity contribution >= 4 is 12.4 Å². The molecule has 1 aliphatic rings. The Morgan fingerprint density at radius 1 is 1.21 bits per heavy atom. The lowest BCUT2D eigenvalue weighted by molar-refractivity contribution is 0.153. The molecule has 1 unspecified atom stereocenters. The molecule has 3 rings (SSSR count). The quantitative estimate of drug-likeness (QED) is 0.901. The highest BCUT2D eigenvalue weighted by atomic mass is 35.5. The van der Waals surface area contributed by atoms with Crippen molar-refractivity contribution in [3.05, 3.63) is 47.0 Å². The molecule has 0 saturated carbocycles. The average molecular weight is 350 g/mol. The zero-order valence-corrected chi connectivity index (χ0v) is 15.6. The number of aryl methyl sites for hydroxylation is 2. The number of rotatable bonds is 5. The van der Waals surface area contributed by atoms with Gasteiger partial charge in [-0.15, -0.1) is 12.4 Å². The molecule has 0 aromatic carbocycles. The van der Waals surface area contributed by atoms with Crippen molar-refractivity contribution in [2.24, 2.45) is 7.05 Å². The van der Waals surface area contributed by atoms with Gasteiger partial charge in [-0.2, -0.15) is 5.10 Å². The van der Waals surface area contributed by atoms with Crippen LogP contribution in [0.2, 0.25) is 0 Å². The van der Waals surface area contributed by atoms with E-state index in [1.54, 1.807) is 0 Å². The Labute approximate surface area is 150 Å². The van der Waals surface area contributed by atoms with Gasteiger partial charge in [-0.1, -0.05) is 13.8 Å². The summed E-state index contributed by atoms with van der Waals surface area (Å²) >= 11 is 0. The fourth-order valence-electron chi connectivity index (χ4n) is 3.63. The van der Waals surface area contributed by atoms with Crippen molar-refractivity contribution in [1.82, 2.24) is 25.0 Å². The highest BCUT2D eigenvalue weighted by Gasteiger charge is 2.26. The molecule has 2 aromatic rings. The van der Waals surface area contributed by atoms with Gasteiger partial charge >= 0.3 is 0 Å². The van der Waals surface area contributed by atoms with E-state index in [2.05, 4.69) is 52.9 Å². The Bertz CT molecular complexity index is 640. The zero-order valence-electron chi connectivity index (χ0n) is 14.8. The van der Waals surface area contributed by atoms with E-state index >= 15 is 0 Å². The summed E-state index contributed by atoms with van der Waals surface area (Å²) in [5, 5.41) is 8.26. The first kappa shape index (κ1) is 18.9. The van der Waals surface area contributed by atoms with Gasteiger partial charge in [-0.25, -0.2) is 0 Å². The smallest absolute Gasteiger partial charge is 0.0669 e. The molecule has 5 nitrogen and oxygen atoms in total. The van der Waals surface area contributed by atoms with Gasteiger partial charge in [0.05, 0.1) is 5.69 Å². The summed E-state index contributed by atoms with van der Waals surface area (Å²) in [4.78, 5) is 6.74. The maximum absolute atomic E-state index is 4.73. The molecule has 1 fully saturated rings. The minimum atomic E-state index is 0. The summed E-state index contributed by atoms with van der Waals surface area (Å²) in [5.74, 6) is 0. The Kier molecular flexibility index (Phi) is 6.78. The van der Waals surface area contributed by atoms with Crippen molar-refractivity contribution in [2.45, 2.75) is 39.3 Å². The van der Waals surface area contributed by atoms with E-state index in [9.17, 15) is 0 Å². The summed E-state index contributed by atoms with van der Waals surface area (Å²) < 4.78 is 2.07. The van der Waals surface area contributed by atoms with Gasteiger partial charge in [0.1, 0.15) is 0 Å². The van der Waals surface area contributed by atoms with Crippen molar-refractivity contribution in [3.8, 4) is 0 Å². The number of hydrogen-bond donors (Lipinski definition) is 1. The number of pyridine rings is 1. The predicted molar refractivity (Wildman–Crippen MR) is 99.5 cm³/mol. The molecule has 0 aliphatic carbocycles. The number of aromatic nitrogens is 3. The van der Waals surface area contributed by atoms with Crippen LogP contribution in [-0.2, 0) is 26.4 Å². The highest BCUT2D eigenvalue weighted by Crippen LogP contribution is 2.26. The summed E-state index contributed by atoms with van der Waals surface area (Å²) in [7, 11) is 2.07. The fourth-order valence-corrected chi connectivity index (χ4v) is 3.63. The number of nitrogens with one attached hydrogen (secondary N) is 1. The Balaban J connectivity index is 0.00000208. The Morgan fingerprint density at radius 2 is 1.96 bits per heavy atom. The third-order valence-corrected chi connectivity index (χ3v) is 4.83. The molecule has 0 amide bonds. The molecule has 1 aliphatic heterocycles. The van der Waals surface area contributed by atoms with Crippen LogP contribution >= 0.6 is 12.4 Å². The molecular formula is C18H28ClN5. The van der Waals surface area contributed by atoms with Crippen LogP contribution in [0, 0.1) is 0 Å². The topological polar surface area (TPSA) is 46.0 Å². The highest BCUT2D eigenvalue weighted by molar-refractivity contribution is 5.85. The Morgan fingerprint density at radius 3 is 2.62 bits per heavy atom. The van der Waals surface area contributed by atoms with Gasteiger partial charge in [0.25, 0.3) is 0 Å². The molecular weight excluding hydrogens is 322 g/mol. The van der Waals surface area contributed by atoms with E-state index in [-0.39, 0.29) is 12.4 Å². The molecule has 24 heavy (non-hydrogen) atoms. The van der Waals surface area contributed by atoms with Crippen molar-refractivity contribution < 1.29 is 0 Å². The number of piperazine rings is 1. The zero-order chi connectivity index (χ0) is 16.2. The van der Waals surface area contributed by atoms with Gasteiger partial charge in [-0.05, 0) is 30.5 Å². The minimum absolute atomic E-state index is 0. The van der Waals surface area contributed by atoms with Crippen molar-refractivity contribution in [2.75, 3.05) is 19.6 Å². The molecule has 1 N–H and O–H groups in total. The molecule has 1 atom stereocenters. The van der Waals surface area contributed by atoms with Crippen LogP contribution in [0.25, 0.3) is 0 Å². The SMILES string of the molecule is CCc1nn(C)c(CC)c1CN1CCNCC1c1ccncc1.Cl. The minimum Gasteiger partial charge on any atom is -0.314 e. The third-order valence-electron chi connectivity index (χ3n) is 4.83. The van der Waals surface area contributed by atoms with Crippen LogP contribution in [-0.4, -0.2) is 39.3 Å². The van der Waals surface area contributed by atoms with Crippen LogP contribution in [0.3, 0.4) is 0 Å². The molecule has 3 heterocycles. The summed E-state index contributed by atoms with van der Waals surface area (Å²) in [6.45, 7) is 8.50. The summed E-state index contributed by atoms with van der Waals surface area (Å²) in [5.41, 5.74) is 5.39. The van der Waals surface area contributed by atoms with E-state index in [0.717, 1.165) is 39.0 Å². The largest absolute Gasteiger partial charge is 0.314 e. The van der Waals surface area contributed by atoms with Crippen molar-refractivity contribution in [3.63, 3.8) is 0 Å². The summed E-state index contributed by atoms with van der Waals surface area (Å²) in [6.07, 6.45) is 5.81. The van der Waals surface area contributed by atoms with Gasteiger partial charge < -0.3 is 5.32 Å². The van der Waals surface area contributed by atoms with Gasteiger partial charge in [0.15, 0.2) is 0 Å². The third kappa shape index (κ3) is 3.79. The maximum Gasteiger partial charge on any atom is 0.0669 e. The van der Waals surface area contributed by atoms with Gasteiger partial charge in [0, 0.05) is 62.9 Å². The summed E-state index contributed by atoms with van der Waals surface area (Å²) in [6, 6.07) is 4.67. The molecule has 6 heteroatoms. The number of nitrogens with zero attached hydrogens (tertiary/aromatic N) is 4. The predicted octanol–water partition coefficient (Wildman–Crippen LogP) is 2.51. The Hall–Kier alpha value is -1.43. The second kappa shape index (κ2) is 8.60. The molecule has 132 valence electrons. The van der Waals surface area contributed by atoms with Crippen LogP contribution in [0.1, 0.15) is 42.4 Å². The second-order valence-electron chi connectivity index (χ2n) is 6.17. The van der Waals surface area contributed by atoms with Crippen LogP contribution in [0.5, 0.6) is 0 Å². The molecule has 0 radical (unpaired) electrons. The molecule has 2 aromatic heterocycles. The van der Waals surface area contributed by atoms with Crippen LogP contribution < -0.4 is 5.32 Å². The standard InChI is InChI=1S/C18H27N5.ClH/c1-4-16-15(17(5-2)22(3)21-16)13-23-11-10-20-12-18(23)14-6-8-19-9-7-14;/h6-9,18,20H,4-5,10-13H2,1-3H3;1H. The number of hydrogen-bond acceptors (Lipinski definition) is 4. The number of halogens is 1. The van der Waals surface area contributed by atoms with E-state index in [1.807, 2.05) is 12.4 Å². The van der Waals surface area contributed by atoms with E-state index in [4.69, 9.17) is 5.10 Å². The van der Waals surface area contributed by atoms with E-state index < -0.39 is 0 Å². The maximum atomic E-state index is 4.73. The van der Waals surface area contributed by atoms with Crippen molar-refractivity contribution in [1.29, 1.82) is 0 Å². The second-order valence-corrected chi connectivity index (χ2v) is 6.17. The first-order valence-electron chi connectivity index (χ1n) is 8.62. The first-order valence-corrected chi connectivity index (χ1v) is 8.62. The molecule has 0 spiro atoms. The van der Waals surface area contributed by atoms with Crippen LogP contribution in [0.4, 0.5) is 0 Å². The van der Waals surface area contributed by atoms with E-state index in [0.29, 0.717) is 6.04 Å². The lowest BCUT2D eigenvalue weighted by atomic mass is 10.0. The fraction of sp³-hybridized carbons (Fsp3) is 0.556.